The number of hydrogen-bond donors (Lipinski definition) is 3. The second-order valence-electron chi connectivity index (χ2n) is 8.80. The second-order valence-corrected chi connectivity index (χ2v) is 8.80. The lowest BCUT2D eigenvalue weighted by atomic mass is 10.0. The predicted octanol–water partition coefficient (Wildman–Crippen LogP) is 4.99. The van der Waals surface area contributed by atoms with Gasteiger partial charge in [0.2, 0.25) is 5.91 Å². The molecule has 7 nitrogen and oxygen atoms in total. The summed E-state index contributed by atoms with van der Waals surface area (Å²) in [6, 6.07) is 21.5. The first kappa shape index (κ1) is 25.3. The van der Waals surface area contributed by atoms with Crippen molar-refractivity contribution in [2.75, 3.05) is 30.3 Å². The van der Waals surface area contributed by atoms with E-state index in [4.69, 9.17) is 10.5 Å². The number of carbonyl (C=O) groups excluding carboxylic acids is 2. The molecular weight excluding hydrogens is 459 g/mol. The lowest BCUT2D eigenvalue weighted by Gasteiger charge is -2.31. The van der Waals surface area contributed by atoms with Crippen molar-refractivity contribution in [3.8, 4) is 11.1 Å². The summed E-state index contributed by atoms with van der Waals surface area (Å²) in [6.07, 6.45) is 0.746. The van der Waals surface area contributed by atoms with Crippen LogP contribution in [0, 0.1) is 5.82 Å². The standard InChI is InChI=1S/C28H31FN4O3/c29-25-8-4-7-24(21-5-2-1-3-6-21)27(25)32-28(35)36-23-13-16-33(17-14-23)18-15-26(34)31-22-11-9-20(19-30)10-12-22/h1-12,23H,13-19,30H2,(H,31,34)(H,32,35). The van der Waals surface area contributed by atoms with Crippen LogP contribution >= 0.6 is 0 Å². The van der Waals surface area contributed by atoms with Crippen molar-refractivity contribution in [1.29, 1.82) is 0 Å². The number of rotatable bonds is 8. The molecule has 1 aliphatic heterocycles. The third-order valence-corrected chi connectivity index (χ3v) is 6.26. The molecule has 188 valence electrons. The Bertz CT molecular complexity index is 1160. The van der Waals surface area contributed by atoms with E-state index in [0.29, 0.717) is 51.0 Å². The largest absolute Gasteiger partial charge is 0.446 e. The van der Waals surface area contributed by atoms with Gasteiger partial charge in [-0.15, -0.1) is 0 Å². The van der Waals surface area contributed by atoms with Crippen LogP contribution in [-0.2, 0) is 16.1 Å². The Hall–Kier alpha value is -3.75. The van der Waals surface area contributed by atoms with Crippen LogP contribution in [0.2, 0.25) is 0 Å². The molecule has 0 spiro atoms. The number of piperidine rings is 1. The summed E-state index contributed by atoms with van der Waals surface area (Å²) in [6.45, 7) is 2.52. The first-order valence-corrected chi connectivity index (χ1v) is 12.1. The Balaban J connectivity index is 1.22. The van der Waals surface area contributed by atoms with Gasteiger partial charge in [-0.3, -0.25) is 10.1 Å². The molecule has 0 unspecified atom stereocenters. The van der Waals surface area contributed by atoms with E-state index in [0.717, 1.165) is 16.8 Å². The molecule has 4 N–H and O–H groups in total. The topological polar surface area (TPSA) is 96.7 Å². The van der Waals surface area contributed by atoms with E-state index in [-0.39, 0.29) is 17.7 Å². The molecule has 1 saturated heterocycles. The van der Waals surface area contributed by atoms with E-state index >= 15 is 0 Å². The maximum Gasteiger partial charge on any atom is 0.412 e. The van der Waals surface area contributed by atoms with Crippen molar-refractivity contribution in [1.82, 2.24) is 4.90 Å². The van der Waals surface area contributed by atoms with E-state index in [1.165, 1.54) is 6.07 Å². The van der Waals surface area contributed by atoms with Crippen LogP contribution < -0.4 is 16.4 Å². The molecule has 0 saturated carbocycles. The Kier molecular flexibility index (Phi) is 8.65. The third-order valence-electron chi connectivity index (χ3n) is 6.26. The number of likely N-dealkylation sites (tertiary alicyclic amines) is 1. The van der Waals surface area contributed by atoms with Gasteiger partial charge in [-0.1, -0.05) is 54.6 Å². The summed E-state index contributed by atoms with van der Waals surface area (Å²) < 4.78 is 20.1. The molecule has 1 aliphatic rings. The quantitative estimate of drug-likeness (QED) is 0.413. The van der Waals surface area contributed by atoms with Crippen molar-refractivity contribution in [3.63, 3.8) is 0 Å². The fourth-order valence-electron chi connectivity index (χ4n) is 4.25. The lowest BCUT2D eigenvalue weighted by molar-refractivity contribution is -0.116. The van der Waals surface area contributed by atoms with Crippen LogP contribution in [0.4, 0.5) is 20.6 Å². The fraction of sp³-hybridized carbons (Fsp3) is 0.286. The minimum atomic E-state index is -0.671. The van der Waals surface area contributed by atoms with E-state index in [1.807, 2.05) is 54.6 Å². The number of carbonyl (C=O) groups is 2. The van der Waals surface area contributed by atoms with Gasteiger partial charge >= 0.3 is 6.09 Å². The van der Waals surface area contributed by atoms with Crippen LogP contribution in [0.5, 0.6) is 0 Å². The highest BCUT2D eigenvalue weighted by atomic mass is 19.1. The number of ether oxygens (including phenoxy) is 1. The van der Waals surface area contributed by atoms with Gasteiger partial charge in [0.05, 0.1) is 5.69 Å². The normalized spacial score (nSPS) is 14.3. The summed E-state index contributed by atoms with van der Waals surface area (Å²) in [5, 5.41) is 5.49. The van der Waals surface area contributed by atoms with E-state index in [1.54, 1.807) is 12.1 Å². The average molecular weight is 491 g/mol. The number of para-hydroxylation sites is 1. The Morgan fingerprint density at radius 2 is 1.67 bits per heavy atom. The first-order valence-electron chi connectivity index (χ1n) is 12.1. The lowest BCUT2D eigenvalue weighted by Crippen LogP contribution is -2.39. The van der Waals surface area contributed by atoms with Crippen molar-refractivity contribution in [2.24, 2.45) is 5.73 Å². The summed E-state index contributed by atoms with van der Waals surface area (Å²) >= 11 is 0. The molecule has 1 heterocycles. The van der Waals surface area contributed by atoms with Crippen molar-refractivity contribution in [3.05, 3.63) is 84.2 Å². The number of nitrogens with one attached hydrogen (secondary N) is 2. The monoisotopic (exact) mass is 490 g/mol. The molecule has 36 heavy (non-hydrogen) atoms. The number of nitrogens with zero attached hydrogens (tertiary/aromatic N) is 1. The maximum absolute atomic E-state index is 14.5. The Labute approximate surface area is 210 Å². The molecule has 0 atom stereocenters. The summed E-state index contributed by atoms with van der Waals surface area (Å²) in [5.74, 6) is -0.566. The Morgan fingerprint density at radius 1 is 0.944 bits per heavy atom. The maximum atomic E-state index is 14.5. The smallest absolute Gasteiger partial charge is 0.412 e. The Morgan fingerprint density at radius 3 is 2.36 bits per heavy atom. The molecule has 8 heteroatoms. The molecule has 4 rings (SSSR count). The van der Waals surface area contributed by atoms with Gasteiger partial charge in [-0.25, -0.2) is 9.18 Å². The fourth-order valence-corrected chi connectivity index (χ4v) is 4.25. The van der Waals surface area contributed by atoms with Gasteiger partial charge in [-0.05, 0) is 42.2 Å². The van der Waals surface area contributed by atoms with Gasteiger partial charge in [0, 0.05) is 43.9 Å². The van der Waals surface area contributed by atoms with Gasteiger partial charge < -0.3 is 20.7 Å². The predicted molar refractivity (Wildman–Crippen MR) is 139 cm³/mol. The van der Waals surface area contributed by atoms with E-state index in [9.17, 15) is 14.0 Å². The van der Waals surface area contributed by atoms with Gasteiger partial charge in [0.15, 0.2) is 0 Å². The van der Waals surface area contributed by atoms with Crippen molar-refractivity contribution >= 4 is 23.4 Å². The van der Waals surface area contributed by atoms with Gasteiger partial charge in [0.25, 0.3) is 0 Å². The summed E-state index contributed by atoms with van der Waals surface area (Å²) in [4.78, 5) is 27.0. The third kappa shape index (κ3) is 6.90. The molecule has 0 aliphatic carbocycles. The molecule has 0 radical (unpaired) electrons. The second kappa shape index (κ2) is 12.3. The number of benzene rings is 3. The molecule has 3 aromatic carbocycles. The minimum absolute atomic E-state index is 0.0487. The molecule has 2 amide bonds. The zero-order valence-electron chi connectivity index (χ0n) is 20.1. The molecule has 3 aromatic rings. The molecular formula is C28H31FN4O3. The first-order chi connectivity index (χ1) is 17.5. The van der Waals surface area contributed by atoms with Gasteiger partial charge in [-0.2, -0.15) is 0 Å². The van der Waals surface area contributed by atoms with E-state index in [2.05, 4.69) is 15.5 Å². The van der Waals surface area contributed by atoms with Crippen LogP contribution in [0.25, 0.3) is 11.1 Å². The van der Waals surface area contributed by atoms with Gasteiger partial charge in [0.1, 0.15) is 11.9 Å². The highest BCUT2D eigenvalue weighted by Gasteiger charge is 2.23. The van der Waals surface area contributed by atoms with Crippen LogP contribution in [0.15, 0.2) is 72.8 Å². The molecule has 1 fully saturated rings. The zero-order chi connectivity index (χ0) is 25.3. The number of anilines is 2. The summed E-state index contributed by atoms with van der Waals surface area (Å²) in [7, 11) is 0. The average Bonchev–Trinajstić information content (AvgIpc) is 2.90. The van der Waals surface area contributed by atoms with Crippen LogP contribution in [0.1, 0.15) is 24.8 Å². The summed E-state index contributed by atoms with van der Waals surface area (Å²) in [5.41, 5.74) is 8.86. The van der Waals surface area contributed by atoms with Crippen molar-refractivity contribution in [2.45, 2.75) is 31.9 Å². The molecule has 0 bridgehead atoms. The minimum Gasteiger partial charge on any atom is -0.446 e. The zero-order valence-corrected chi connectivity index (χ0v) is 20.1. The van der Waals surface area contributed by atoms with E-state index < -0.39 is 11.9 Å². The highest BCUT2D eigenvalue weighted by molar-refractivity contribution is 5.92. The number of hydrogen-bond acceptors (Lipinski definition) is 5. The number of amides is 2. The number of halogens is 1. The van der Waals surface area contributed by atoms with Crippen molar-refractivity contribution < 1.29 is 18.7 Å². The highest BCUT2D eigenvalue weighted by Crippen LogP contribution is 2.30. The molecule has 0 aromatic heterocycles. The number of nitrogens with two attached hydrogens (primary N) is 1. The van der Waals surface area contributed by atoms with Crippen LogP contribution in [0.3, 0.4) is 0 Å². The SMILES string of the molecule is NCc1ccc(NC(=O)CCN2CCC(OC(=O)Nc3c(F)cccc3-c3ccccc3)CC2)cc1. The van der Waals surface area contributed by atoms with Crippen LogP contribution in [-0.4, -0.2) is 42.6 Å².